The number of anilines is 2. The number of hydrogen-bond donors (Lipinski definition) is 0. The van der Waals surface area contributed by atoms with E-state index in [4.69, 9.17) is 25.8 Å². The Balaban J connectivity index is 1.02. The number of aromatic nitrogens is 4. The highest BCUT2D eigenvalue weighted by Crippen LogP contribution is 2.58. The maximum atomic E-state index is 7.00. The topological polar surface area (TPSA) is 60.0 Å². The van der Waals surface area contributed by atoms with Crippen LogP contribution in [0.25, 0.3) is 90.2 Å². The summed E-state index contributed by atoms with van der Waals surface area (Å²) in [5.74, 6) is 6.11. The number of benzene rings is 8. The minimum absolute atomic E-state index is 0.149. The average Bonchev–Trinajstić information content (AvgIpc) is 4.05. The number of para-hydroxylation sites is 2. The third-order valence-corrected chi connectivity index (χ3v) is 13.7. The third kappa shape index (κ3) is 6.25. The van der Waals surface area contributed by atoms with Crippen molar-refractivity contribution in [3.8, 4) is 52.2 Å². The van der Waals surface area contributed by atoms with E-state index in [0.29, 0.717) is 17.5 Å². The van der Waals surface area contributed by atoms with Gasteiger partial charge in [-0.05, 0) is 95.1 Å². The Labute approximate surface area is 393 Å². The number of nitrogens with zero attached hydrogens (tertiary/aromatic N) is 5. The second-order valence-electron chi connectivity index (χ2n) is 17.5. The standard InChI is InChI=1S/C62H41N5O/c1-3-4-28-55-39(2)49-38-50(41-29-31-44(32-30-41)62-64-60(42-19-8-5-9-20-42)63-61(65-62)43-21-10-6-11-22-43)58-57(59(49)68-55)56-47-25-15-14-18-40(47)33-35-54(56)67(58)46-34-36-53-51(37-46)48-26-16-17-27-52(48)66(53)45-23-12-7-13-24-45/h1,4-38,57-58H,2H3/b28-4-. The molecule has 4 heterocycles. The first-order valence-corrected chi connectivity index (χ1v) is 23.0. The molecule has 6 heteroatoms. The van der Waals surface area contributed by atoms with Crippen LogP contribution < -0.4 is 4.90 Å². The third-order valence-electron chi connectivity index (χ3n) is 13.7. The molecule has 0 saturated carbocycles. The molecular formula is C62H41N5O. The Hall–Kier alpha value is -9.05. The fraction of sp³-hybridized carbons (Fsp3) is 0.0484. The van der Waals surface area contributed by atoms with Crippen LogP contribution in [0, 0.1) is 19.3 Å². The van der Waals surface area contributed by atoms with Crippen LogP contribution in [0.5, 0.6) is 0 Å². The van der Waals surface area contributed by atoms with Crippen molar-refractivity contribution in [1.29, 1.82) is 0 Å². The van der Waals surface area contributed by atoms with Gasteiger partial charge in [-0.1, -0.05) is 158 Å². The molecule has 0 amide bonds. The molecule has 3 aromatic heterocycles. The summed E-state index contributed by atoms with van der Waals surface area (Å²) in [7, 11) is 0. The molecule has 0 saturated heterocycles. The molecule has 13 rings (SSSR count). The monoisotopic (exact) mass is 871 g/mol. The molecule has 0 fully saturated rings. The lowest BCUT2D eigenvalue weighted by molar-refractivity contribution is 0.471. The van der Waals surface area contributed by atoms with Crippen LogP contribution in [0.3, 0.4) is 0 Å². The van der Waals surface area contributed by atoms with Crippen molar-refractivity contribution in [3.05, 3.63) is 234 Å². The highest BCUT2D eigenvalue weighted by Gasteiger charge is 2.48. The minimum Gasteiger partial charge on any atom is -0.460 e. The van der Waals surface area contributed by atoms with Crippen molar-refractivity contribution in [2.45, 2.75) is 18.9 Å². The molecule has 0 bridgehead atoms. The van der Waals surface area contributed by atoms with E-state index in [9.17, 15) is 0 Å². The van der Waals surface area contributed by atoms with Crippen LogP contribution in [-0.4, -0.2) is 25.6 Å². The number of fused-ring (bicyclic) bond motifs is 10. The van der Waals surface area contributed by atoms with Gasteiger partial charge in [0.1, 0.15) is 11.5 Å². The van der Waals surface area contributed by atoms with Crippen LogP contribution in [0.4, 0.5) is 11.4 Å². The number of terminal acetylenes is 1. The molecule has 2 atom stereocenters. The Morgan fingerprint density at radius 2 is 1.15 bits per heavy atom. The number of rotatable bonds is 7. The molecule has 320 valence electrons. The predicted octanol–water partition coefficient (Wildman–Crippen LogP) is 14.9. The molecule has 0 radical (unpaired) electrons. The highest BCUT2D eigenvalue weighted by atomic mass is 16.3. The summed E-state index contributed by atoms with van der Waals surface area (Å²) in [5.41, 5.74) is 14.1. The second-order valence-corrected chi connectivity index (χ2v) is 17.5. The van der Waals surface area contributed by atoms with Gasteiger partial charge in [0.25, 0.3) is 0 Å². The Bertz CT molecular complexity index is 3820. The predicted molar refractivity (Wildman–Crippen MR) is 278 cm³/mol. The van der Waals surface area contributed by atoms with Gasteiger partial charge in [0.2, 0.25) is 0 Å². The van der Waals surface area contributed by atoms with E-state index >= 15 is 0 Å². The van der Waals surface area contributed by atoms with Crippen LogP contribution in [-0.2, 0) is 0 Å². The van der Waals surface area contributed by atoms with E-state index in [-0.39, 0.29) is 12.0 Å². The Kier molecular flexibility index (Phi) is 9.16. The van der Waals surface area contributed by atoms with E-state index in [2.05, 4.69) is 162 Å². The van der Waals surface area contributed by atoms with Gasteiger partial charge in [-0.25, -0.2) is 15.0 Å². The summed E-state index contributed by atoms with van der Waals surface area (Å²) in [6, 6.07) is 68.4. The number of hydrogen-bond acceptors (Lipinski definition) is 5. The van der Waals surface area contributed by atoms with Crippen LogP contribution in [0.2, 0.25) is 0 Å². The van der Waals surface area contributed by atoms with Crippen molar-refractivity contribution in [2.75, 3.05) is 4.90 Å². The number of furan rings is 1. The van der Waals surface area contributed by atoms with Gasteiger partial charge in [0.15, 0.2) is 17.5 Å². The van der Waals surface area contributed by atoms with Crippen molar-refractivity contribution in [2.24, 2.45) is 0 Å². The average molecular weight is 872 g/mol. The lowest BCUT2D eigenvalue weighted by Gasteiger charge is -2.35. The first kappa shape index (κ1) is 39.3. The molecule has 1 aliphatic carbocycles. The smallest absolute Gasteiger partial charge is 0.164 e. The summed E-state index contributed by atoms with van der Waals surface area (Å²) in [6.07, 6.45) is 11.8. The van der Waals surface area contributed by atoms with Crippen molar-refractivity contribution >= 4 is 61.7 Å². The molecule has 2 aliphatic rings. The summed E-state index contributed by atoms with van der Waals surface area (Å²) < 4.78 is 9.37. The van der Waals surface area contributed by atoms with Crippen molar-refractivity contribution in [1.82, 2.24) is 19.5 Å². The van der Waals surface area contributed by atoms with Gasteiger partial charge in [-0.2, -0.15) is 0 Å². The molecule has 0 spiro atoms. The molecular weight excluding hydrogens is 831 g/mol. The maximum Gasteiger partial charge on any atom is 0.164 e. The zero-order chi connectivity index (χ0) is 45.3. The largest absolute Gasteiger partial charge is 0.460 e. The summed E-state index contributed by atoms with van der Waals surface area (Å²) in [4.78, 5) is 17.6. The van der Waals surface area contributed by atoms with Gasteiger partial charge in [-0.3, -0.25) is 0 Å². The van der Waals surface area contributed by atoms with Crippen molar-refractivity contribution < 1.29 is 4.42 Å². The maximum absolute atomic E-state index is 7.00. The highest BCUT2D eigenvalue weighted by molar-refractivity contribution is 6.11. The first-order valence-electron chi connectivity index (χ1n) is 23.0. The molecule has 0 N–H and O–H groups in total. The normalized spacial score (nSPS) is 15.1. The molecule has 11 aromatic rings. The first-order chi connectivity index (χ1) is 33.6. The minimum atomic E-state index is -0.171. The fourth-order valence-electron chi connectivity index (χ4n) is 10.6. The van der Waals surface area contributed by atoms with Gasteiger partial charge in [0.05, 0.1) is 23.0 Å². The summed E-state index contributed by atoms with van der Waals surface area (Å²) in [6.45, 7) is 2.14. The fourth-order valence-corrected chi connectivity index (χ4v) is 10.6. The summed E-state index contributed by atoms with van der Waals surface area (Å²) >= 11 is 0. The quantitative estimate of drug-likeness (QED) is 0.149. The van der Waals surface area contributed by atoms with Gasteiger partial charge in [-0.15, -0.1) is 6.42 Å². The van der Waals surface area contributed by atoms with E-state index < -0.39 is 0 Å². The lowest BCUT2D eigenvalue weighted by atomic mass is 9.77. The van der Waals surface area contributed by atoms with Crippen LogP contribution in [0.15, 0.2) is 205 Å². The van der Waals surface area contributed by atoms with Gasteiger partial charge < -0.3 is 13.9 Å². The second kappa shape index (κ2) is 15.8. The SMILES string of the molecule is C#C/C=C\c1oc2c(c1C)C=C(c1ccc(-c3nc(-c4ccccc4)nc(-c4ccccc4)n3)cc1)C1C2c2c(ccc3ccccc23)N1c1ccc2c(c1)c1ccccc1n2-c1ccccc1. The van der Waals surface area contributed by atoms with Gasteiger partial charge >= 0.3 is 0 Å². The summed E-state index contributed by atoms with van der Waals surface area (Å²) in [5, 5.41) is 4.79. The zero-order valence-corrected chi connectivity index (χ0v) is 37.1. The van der Waals surface area contributed by atoms with E-state index in [1.807, 2.05) is 66.7 Å². The molecule has 2 unspecified atom stereocenters. The Morgan fingerprint density at radius 3 is 1.84 bits per heavy atom. The zero-order valence-electron chi connectivity index (χ0n) is 37.1. The van der Waals surface area contributed by atoms with Crippen LogP contribution >= 0.6 is 0 Å². The van der Waals surface area contributed by atoms with Crippen molar-refractivity contribution in [3.63, 3.8) is 0 Å². The van der Waals surface area contributed by atoms with Crippen LogP contribution in [0.1, 0.15) is 39.7 Å². The molecule has 8 aromatic carbocycles. The number of allylic oxidation sites excluding steroid dienone is 1. The molecule has 1 aliphatic heterocycles. The van der Waals surface area contributed by atoms with E-state index in [1.54, 1.807) is 6.08 Å². The molecule has 68 heavy (non-hydrogen) atoms. The Morgan fingerprint density at radius 1 is 0.559 bits per heavy atom. The van der Waals surface area contributed by atoms with Gasteiger partial charge in [0, 0.05) is 55.7 Å². The van der Waals surface area contributed by atoms with E-state index in [1.165, 1.54) is 38.2 Å². The lowest BCUT2D eigenvalue weighted by Crippen LogP contribution is -2.33. The van der Waals surface area contributed by atoms with E-state index in [0.717, 1.165) is 67.5 Å². The molecule has 6 nitrogen and oxygen atoms in total.